The van der Waals surface area contributed by atoms with Crippen LogP contribution in [-0.2, 0) is 6.54 Å². The summed E-state index contributed by atoms with van der Waals surface area (Å²) in [5, 5.41) is 7.30. The third-order valence-electron chi connectivity index (χ3n) is 5.49. The second-order valence-electron chi connectivity index (χ2n) is 8.97. The number of benzene rings is 2. The largest absolute Gasteiger partial charge is 0.361 e. The van der Waals surface area contributed by atoms with Gasteiger partial charge in [-0.05, 0) is 77.6 Å². The van der Waals surface area contributed by atoms with Gasteiger partial charge in [-0.3, -0.25) is 9.59 Å². The van der Waals surface area contributed by atoms with E-state index in [1.54, 1.807) is 55.1 Å². The van der Waals surface area contributed by atoms with Crippen LogP contribution in [-0.4, -0.2) is 35.0 Å². The smallest absolute Gasteiger partial charge is 0.259 e. The second-order valence-corrected chi connectivity index (χ2v) is 10.2. The minimum atomic E-state index is -0.327. The van der Waals surface area contributed by atoms with Gasteiger partial charge in [-0.15, -0.1) is 0 Å². The second kappa shape index (κ2) is 10.7. The number of amides is 2. The van der Waals surface area contributed by atoms with Gasteiger partial charge in [0.25, 0.3) is 11.8 Å². The van der Waals surface area contributed by atoms with Crippen molar-refractivity contribution in [2.24, 2.45) is 11.1 Å². The molecule has 3 aromatic rings. The number of nitrogens with one attached hydrogen (secondary N) is 1. The molecule has 0 bridgehead atoms. The molecule has 180 valence electrons. The molecule has 0 aliphatic carbocycles. The zero-order valence-electron chi connectivity index (χ0n) is 19.6. The van der Waals surface area contributed by atoms with E-state index < -0.39 is 0 Å². The summed E-state index contributed by atoms with van der Waals surface area (Å²) < 4.78 is 5.91. The summed E-state index contributed by atoms with van der Waals surface area (Å²) in [6.45, 7) is 8.46. The predicted molar refractivity (Wildman–Crippen MR) is 137 cm³/mol. The number of aromatic nitrogens is 1. The van der Waals surface area contributed by atoms with Gasteiger partial charge < -0.3 is 20.5 Å². The Balaban J connectivity index is 1.90. The molecule has 2 aromatic carbocycles. The van der Waals surface area contributed by atoms with E-state index >= 15 is 0 Å². The first-order valence-corrected chi connectivity index (χ1v) is 12.0. The number of carbonyl (C=O) groups is 2. The summed E-state index contributed by atoms with van der Waals surface area (Å²) in [6, 6.07) is 12.4. The molecule has 7 nitrogen and oxygen atoms in total. The van der Waals surface area contributed by atoms with E-state index in [9.17, 15) is 9.59 Å². The maximum atomic E-state index is 13.5. The molecule has 0 spiro atoms. The van der Waals surface area contributed by atoms with E-state index in [4.69, 9.17) is 21.9 Å². The van der Waals surface area contributed by atoms with E-state index in [-0.39, 0.29) is 23.8 Å². The van der Waals surface area contributed by atoms with Crippen LogP contribution in [0.15, 0.2) is 51.5 Å². The lowest BCUT2D eigenvalue weighted by Crippen LogP contribution is -2.42. The van der Waals surface area contributed by atoms with Gasteiger partial charge >= 0.3 is 0 Å². The summed E-state index contributed by atoms with van der Waals surface area (Å²) in [5.41, 5.74) is 8.37. The zero-order chi connectivity index (χ0) is 25.0. The van der Waals surface area contributed by atoms with Crippen molar-refractivity contribution in [3.63, 3.8) is 0 Å². The highest BCUT2D eigenvalue weighted by molar-refractivity contribution is 9.10. The minimum Gasteiger partial charge on any atom is -0.361 e. The average molecular weight is 548 g/mol. The fourth-order valence-corrected chi connectivity index (χ4v) is 4.19. The van der Waals surface area contributed by atoms with Crippen LogP contribution < -0.4 is 11.1 Å². The normalized spacial score (nSPS) is 11.4. The molecule has 3 N–H and O–H groups in total. The first-order valence-electron chi connectivity index (χ1n) is 10.8. The maximum absolute atomic E-state index is 13.5. The van der Waals surface area contributed by atoms with Gasteiger partial charge in [0.05, 0.1) is 11.3 Å². The van der Waals surface area contributed by atoms with Crippen molar-refractivity contribution in [1.82, 2.24) is 10.1 Å². The van der Waals surface area contributed by atoms with Gasteiger partial charge in [0.15, 0.2) is 0 Å². The topological polar surface area (TPSA) is 101 Å². The SMILES string of the molecule is Cc1noc(C)c1C(=O)N(Cc1cc(NC(=O)c2ccccc2Br)ccc1Cl)CC(C)(C)CN. The number of hydrogen-bond acceptors (Lipinski definition) is 5. The lowest BCUT2D eigenvalue weighted by Gasteiger charge is -2.32. The molecular formula is C25H28BrClN4O3. The molecular weight excluding hydrogens is 520 g/mol. The molecule has 9 heteroatoms. The minimum absolute atomic E-state index is 0.212. The van der Waals surface area contributed by atoms with Crippen LogP contribution in [0.25, 0.3) is 0 Å². The molecule has 34 heavy (non-hydrogen) atoms. The van der Waals surface area contributed by atoms with Crippen molar-refractivity contribution in [2.75, 3.05) is 18.4 Å². The molecule has 0 radical (unpaired) electrons. The fourth-order valence-electron chi connectivity index (χ4n) is 3.55. The number of hydrogen-bond donors (Lipinski definition) is 2. The molecule has 2 amide bonds. The number of halogens is 2. The molecule has 0 saturated carbocycles. The Morgan fingerprint density at radius 3 is 2.53 bits per heavy atom. The Morgan fingerprint density at radius 2 is 1.91 bits per heavy atom. The van der Waals surface area contributed by atoms with Crippen LogP contribution in [0, 0.1) is 19.3 Å². The summed E-state index contributed by atoms with van der Waals surface area (Å²) in [4.78, 5) is 28.0. The standard InChI is InChI=1S/C25H28BrClN4O3/c1-15-22(16(2)34-30-15)24(33)31(14-25(3,4)13-28)12-17-11-18(9-10-21(17)27)29-23(32)19-7-5-6-8-20(19)26/h5-11H,12-14,28H2,1-4H3,(H,29,32). The number of anilines is 1. The third kappa shape index (κ3) is 6.05. The van der Waals surface area contributed by atoms with Crippen LogP contribution in [0.5, 0.6) is 0 Å². The quantitative estimate of drug-likeness (QED) is 0.383. The Hall–Kier alpha value is -2.68. The Labute approximate surface area is 212 Å². The zero-order valence-corrected chi connectivity index (χ0v) is 22.0. The van der Waals surface area contributed by atoms with Crippen LogP contribution in [0.1, 0.15) is 51.6 Å². The van der Waals surface area contributed by atoms with Crippen LogP contribution in [0.4, 0.5) is 5.69 Å². The van der Waals surface area contributed by atoms with Crippen molar-refractivity contribution in [3.8, 4) is 0 Å². The average Bonchev–Trinajstić information content (AvgIpc) is 3.13. The Morgan fingerprint density at radius 1 is 1.21 bits per heavy atom. The first-order chi connectivity index (χ1) is 16.0. The third-order valence-corrected chi connectivity index (χ3v) is 6.55. The number of nitrogens with two attached hydrogens (primary N) is 1. The van der Waals surface area contributed by atoms with Gasteiger partial charge in [-0.25, -0.2) is 0 Å². The summed E-state index contributed by atoms with van der Waals surface area (Å²) >= 11 is 9.90. The van der Waals surface area contributed by atoms with Gasteiger partial charge in [-0.1, -0.05) is 42.7 Å². The van der Waals surface area contributed by atoms with Gasteiger partial charge in [-0.2, -0.15) is 0 Å². The first kappa shape index (κ1) is 25.9. The van der Waals surface area contributed by atoms with Gasteiger partial charge in [0.1, 0.15) is 11.3 Å². The van der Waals surface area contributed by atoms with Crippen molar-refractivity contribution in [1.29, 1.82) is 0 Å². The molecule has 1 aromatic heterocycles. The van der Waals surface area contributed by atoms with Gasteiger partial charge in [0.2, 0.25) is 0 Å². The van der Waals surface area contributed by atoms with E-state index in [2.05, 4.69) is 26.4 Å². The number of nitrogens with zero attached hydrogens (tertiary/aromatic N) is 2. The summed E-state index contributed by atoms with van der Waals surface area (Å²) in [6.07, 6.45) is 0. The van der Waals surface area contributed by atoms with Crippen LogP contribution in [0.2, 0.25) is 5.02 Å². The monoisotopic (exact) mass is 546 g/mol. The van der Waals surface area contributed by atoms with Crippen molar-refractivity contribution in [3.05, 3.63) is 80.1 Å². The van der Waals surface area contributed by atoms with Crippen molar-refractivity contribution < 1.29 is 14.1 Å². The highest BCUT2D eigenvalue weighted by Gasteiger charge is 2.29. The van der Waals surface area contributed by atoms with Crippen LogP contribution in [0.3, 0.4) is 0 Å². The molecule has 0 saturated heterocycles. The predicted octanol–water partition coefficient (Wildman–Crippen LogP) is 5.59. The molecule has 0 aliphatic heterocycles. The molecule has 0 fully saturated rings. The van der Waals surface area contributed by atoms with E-state index in [0.29, 0.717) is 56.4 Å². The van der Waals surface area contributed by atoms with Crippen LogP contribution >= 0.6 is 27.5 Å². The summed E-state index contributed by atoms with van der Waals surface area (Å²) in [5.74, 6) is -0.0104. The lowest BCUT2D eigenvalue weighted by molar-refractivity contribution is 0.0670. The van der Waals surface area contributed by atoms with Crippen molar-refractivity contribution >= 4 is 45.0 Å². The number of carbonyl (C=O) groups excluding carboxylic acids is 2. The number of rotatable bonds is 8. The molecule has 1 heterocycles. The highest BCUT2D eigenvalue weighted by atomic mass is 79.9. The van der Waals surface area contributed by atoms with E-state index in [1.807, 2.05) is 19.9 Å². The fraction of sp³-hybridized carbons (Fsp3) is 0.320. The lowest BCUT2D eigenvalue weighted by atomic mass is 9.92. The Kier molecular flexibility index (Phi) is 8.17. The molecule has 0 unspecified atom stereocenters. The van der Waals surface area contributed by atoms with E-state index in [1.165, 1.54) is 0 Å². The highest BCUT2D eigenvalue weighted by Crippen LogP contribution is 2.27. The van der Waals surface area contributed by atoms with Crippen molar-refractivity contribution in [2.45, 2.75) is 34.2 Å². The maximum Gasteiger partial charge on any atom is 0.259 e. The summed E-state index contributed by atoms with van der Waals surface area (Å²) in [7, 11) is 0. The molecule has 3 rings (SSSR count). The molecule has 0 atom stereocenters. The number of aryl methyl sites for hydroxylation is 2. The molecule has 0 aliphatic rings. The Bertz CT molecular complexity index is 1190. The van der Waals surface area contributed by atoms with Gasteiger partial charge in [0, 0.05) is 28.3 Å². The van der Waals surface area contributed by atoms with E-state index in [0.717, 1.165) is 0 Å².